The van der Waals surface area contributed by atoms with E-state index in [9.17, 15) is 5.11 Å². The average molecular weight is 286 g/mol. The minimum atomic E-state index is -1.07. The second-order valence-corrected chi connectivity index (χ2v) is 6.18. The third-order valence-corrected chi connectivity index (χ3v) is 4.56. The Bertz CT molecular complexity index is 811. The van der Waals surface area contributed by atoms with E-state index in [0.717, 1.165) is 27.8 Å². The summed E-state index contributed by atoms with van der Waals surface area (Å²) in [5, 5.41) is 11.7. The van der Waals surface area contributed by atoms with Gasteiger partial charge in [0.25, 0.3) is 0 Å². The molecule has 1 aliphatic rings. The molecule has 0 unspecified atom stereocenters. The zero-order valence-corrected chi connectivity index (χ0v) is 12.8. The maximum absolute atomic E-state index is 11.7. The quantitative estimate of drug-likeness (QED) is 0.695. The van der Waals surface area contributed by atoms with Crippen molar-refractivity contribution in [2.45, 2.75) is 19.4 Å². The summed E-state index contributed by atoms with van der Waals surface area (Å²) in [6.07, 6.45) is 0. The Balaban J connectivity index is 2.09. The van der Waals surface area contributed by atoms with Gasteiger partial charge in [0.15, 0.2) is 0 Å². The maximum Gasteiger partial charge on any atom is 0.141 e. The summed E-state index contributed by atoms with van der Waals surface area (Å²) in [6, 6.07) is 22.6. The van der Waals surface area contributed by atoms with Crippen molar-refractivity contribution in [3.05, 3.63) is 94.5 Å². The molecule has 0 spiro atoms. The average Bonchev–Trinajstić information content (AvgIpc) is 2.78. The van der Waals surface area contributed by atoms with Gasteiger partial charge in [-0.3, -0.25) is 0 Å². The lowest BCUT2D eigenvalue weighted by Crippen LogP contribution is -2.26. The fourth-order valence-corrected chi connectivity index (χ4v) is 3.71. The molecule has 0 bridgehead atoms. The molecule has 1 heteroatoms. The molecular formula is C21H18O. The van der Waals surface area contributed by atoms with Gasteiger partial charge in [-0.05, 0) is 30.5 Å². The third kappa shape index (κ3) is 1.69. The molecule has 0 radical (unpaired) electrons. The largest absolute Gasteiger partial charge is 0.376 e. The lowest BCUT2D eigenvalue weighted by atomic mass is 9.83. The van der Waals surface area contributed by atoms with Crippen LogP contribution < -0.4 is 0 Å². The number of hydrogen-bond donors (Lipinski definition) is 1. The van der Waals surface area contributed by atoms with E-state index in [-0.39, 0.29) is 0 Å². The van der Waals surface area contributed by atoms with E-state index in [2.05, 4.69) is 44.2 Å². The highest BCUT2D eigenvalue weighted by atomic mass is 16.3. The van der Waals surface area contributed by atoms with Crippen LogP contribution in [-0.4, -0.2) is 5.11 Å². The standard InChI is InChI=1S/C21H18O/c1-14-11-15(2)13-16(12-14)21(22)19-9-5-3-7-17(19)18-8-4-6-10-20(18)21/h3-13,22H,1-2H3. The summed E-state index contributed by atoms with van der Waals surface area (Å²) in [4.78, 5) is 0. The van der Waals surface area contributed by atoms with Crippen LogP contribution in [0, 0.1) is 13.8 Å². The van der Waals surface area contributed by atoms with Crippen molar-refractivity contribution < 1.29 is 5.11 Å². The van der Waals surface area contributed by atoms with E-state index in [1.54, 1.807) is 0 Å². The molecule has 22 heavy (non-hydrogen) atoms. The number of rotatable bonds is 1. The zero-order chi connectivity index (χ0) is 15.3. The molecule has 0 aromatic heterocycles. The third-order valence-electron chi connectivity index (χ3n) is 4.56. The van der Waals surface area contributed by atoms with Gasteiger partial charge < -0.3 is 5.11 Å². The number of fused-ring (bicyclic) bond motifs is 3. The van der Waals surface area contributed by atoms with Crippen molar-refractivity contribution in [1.82, 2.24) is 0 Å². The summed E-state index contributed by atoms with van der Waals surface area (Å²) >= 11 is 0. The van der Waals surface area contributed by atoms with Crippen molar-refractivity contribution in [2.75, 3.05) is 0 Å². The SMILES string of the molecule is Cc1cc(C)cc(C2(O)c3ccccc3-c3ccccc32)c1. The number of aryl methyl sites for hydroxylation is 2. The van der Waals surface area contributed by atoms with Gasteiger partial charge in [0, 0.05) is 11.1 Å². The van der Waals surface area contributed by atoms with E-state index in [1.807, 2.05) is 36.4 Å². The molecule has 0 heterocycles. The normalized spacial score (nSPS) is 14.5. The van der Waals surface area contributed by atoms with Gasteiger partial charge in [-0.25, -0.2) is 0 Å². The van der Waals surface area contributed by atoms with Gasteiger partial charge in [-0.1, -0.05) is 77.9 Å². The highest BCUT2D eigenvalue weighted by molar-refractivity contribution is 5.82. The number of hydrogen-bond acceptors (Lipinski definition) is 1. The first kappa shape index (κ1) is 13.3. The van der Waals surface area contributed by atoms with Crippen molar-refractivity contribution in [3.63, 3.8) is 0 Å². The Morgan fingerprint density at radius 2 is 1.14 bits per heavy atom. The minimum absolute atomic E-state index is 0.947. The molecule has 0 aliphatic heterocycles. The smallest absolute Gasteiger partial charge is 0.141 e. The first-order valence-electron chi connectivity index (χ1n) is 7.61. The van der Waals surface area contributed by atoms with Gasteiger partial charge in [0.2, 0.25) is 0 Å². The van der Waals surface area contributed by atoms with Crippen LogP contribution in [0.2, 0.25) is 0 Å². The lowest BCUT2D eigenvalue weighted by molar-refractivity contribution is 0.130. The van der Waals surface area contributed by atoms with Crippen molar-refractivity contribution in [3.8, 4) is 11.1 Å². The van der Waals surface area contributed by atoms with Crippen LogP contribution in [0.1, 0.15) is 27.8 Å². The second-order valence-electron chi connectivity index (χ2n) is 6.18. The van der Waals surface area contributed by atoms with Crippen molar-refractivity contribution in [2.24, 2.45) is 0 Å². The molecule has 1 aliphatic carbocycles. The maximum atomic E-state index is 11.7. The van der Waals surface area contributed by atoms with Crippen LogP contribution in [-0.2, 0) is 5.60 Å². The molecule has 0 atom stereocenters. The van der Waals surface area contributed by atoms with Gasteiger partial charge in [0.05, 0.1) is 0 Å². The van der Waals surface area contributed by atoms with Crippen molar-refractivity contribution >= 4 is 0 Å². The van der Waals surface area contributed by atoms with Crippen LogP contribution in [0.15, 0.2) is 66.7 Å². The summed E-state index contributed by atoms with van der Waals surface area (Å²) in [5.41, 5.74) is 6.42. The minimum Gasteiger partial charge on any atom is -0.376 e. The summed E-state index contributed by atoms with van der Waals surface area (Å²) in [6.45, 7) is 4.15. The highest BCUT2D eigenvalue weighted by Crippen LogP contribution is 2.50. The molecule has 3 aromatic carbocycles. The van der Waals surface area contributed by atoms with E-state index in [0.29, 0.717) is 0 Å². The Kier molecular flexibility index (Phi) is 2.75. The topological polar surface area (TPSA) is 20.2 Å². The number of aliphatic hydroxyl groups is 1. The molecule has 3 aromatic rings. The van der Waals surface area contributed by atoms with Crippen LogP contribution in [0.25, 0.3) is 11.1 Å². The molecule has 0 saturated carbocycles. The monoisotopic (exact) mass is 286 g/mol. The first-order chi connectivity index (χ1) is 10.6. The zero-order valence-electron chi connectivity index (χ0n) is 12.8. The van der Waals surface area contributed by atoms with Crippen LogP contribution >= 0.6 is 0 Å². The summed E-state index contributed by atoms with van der Waals surface area (Å²) in [7, 11) is 0. The van der Waals surface area contributed by atoms with E-state index in [4.69, 9.17) is 0 Å². The summed E-state index contributed by atoms with van der Waals surface area (Å²) < 4.78 is 0. The lowest BCUT2D eigenvalue weighted by Gasteiger charge is -2.27. The van der Waals surface area contributed by atoms with Crippen molar-refractivity contribution in [1.29, 1.82) is 0 Å². The summed E-state index contributed by atoms with van der Waals surface area (Å²) in [5.74, 6) is 0. The van der Waals surface area contributed by atoms with Gasteiger partial charge in [0.1, 0.15) is 5.60 Å². The highest BCUT2D eigenvalue weighted by Gasteiger charge is 2.42. The Morgan fingerprint density at radius 3 is 1.64 bits per heavy atom. The van der Waals surface area contributed by atoms with Gasteiger partial charge >= 0.3 is 0 Å². The van der Waals surface area contributed by atoms with E-state index < -0.39 is 5.60 Å². The van der Waals surface area contributed by atoms with Crippen LogP contribution in [0.3, 0.4) is 0 Å². The fourth-order valence-electron chi connectivity index (χ4n) is 3.71. The molecule has 108 valence electrons. The predicted octanol–water partition coefficient (Wildman–Crippen LogP) is 4.57. The Hall–Kier alpha value is -2.38. The van der Waals surface area contributed by atoms with E-state index in [1.165, 1.54) is 11.1 Å². The second kappa shape index (κ2) is 4.56. The predicted molar refractivity (Wildman–Crippen MR) is 89.9 cm³/mol. The molecular weight excluding hydrogens is 268 g/mol. The molecule has 1 N–H and O–H groups in total. The Morgan fingerprint density at radius 1 is 0.682 bits per heavy atom. The molecule has 4 rings (SSSR count). The fraction of sp³-hybridized carbons (Fsp3) is 0.143. The molecule has 0 amide bonds. The Labute approximate surface area is 130 Å². The van der Waals surface area contributed by atoms with E-state index >= 15 is 0 Å². The molecule has 0 saturated heterocycles. The molecule has 0 fully saturated rings. The first-order valence-corrected chi connectivity index (χ1v) is 7.61. The molecule has 1 nitrogen and oxygen atoms in total. The van der Waals surface area contributed by atoms with Gasteiger partial charge in [-0.2, -0.15) is 0 Å². The van der Waals surface area contributed by atoms with Crippen LogP contribution in [0.4, 0.5) is 0 Å². The van der Waals surface area contributed by atoms with Gasteiger partial charge in [-0.15, -0.1) is 0 Å². The number of benzene rings is 3. The van der Waals surface area contributed by atoms with Crippen LogP contribution in [0.5, 0.6) is 0 Å².